The Hall–Kier alpha value is -1.65. The van der Waals surface area contributed by atoms with E-state index in [1.54, 1.807) is 0 Å². The summed E-state index contributed by atoms with van der Waals surface area (Å²) in [5.41, 5.74) is 2.05. The maximum atomic E-state index is 5.24. The van der Waals surface area contributed by atoms with Gasteiger partial charge in [0.25, 0.3) is 5.89 Å². The van der Waals surface area contributed by atoms with E-state index in [1.807, 2.05) is 25.6 Å². The summed E-state index contributed by atoms with van der Waals surface area (Å²) in [5.74, 6) is 2.21. The quantitative estimate of drug-likeness (QED) is 0.815. The predicted molar refractivity (Wildman–Crippen MR) is 62.6 cm³/mol. The molecule has 0 atom stereocenters. The molecule has 0 radical (unpaired) electrons. The molecule has 5 heteroatoms. The van der Waals surface area contributed by atoms with Crippen molar-refractivity contribution in [3.05, 3.63) is 17.6 Å². The summed E-state index contributed by atoms with van der Waals surface area (Å²) < 4.78 is 7.17. The van der Waals surface area contributed by atoms with Crippen LogP contribution in [0.4, 0.5) is 0 Å². The van der Waals surface area contributed by atoms with E-state index in [0.29, 0.717) is 11.8 Å². The first-order chi connectivity index (χ1) is 8.15. The summed E-state index contributed by atoms with van der Waals surface area (Å²) in [6, 6.07) is 2.06. The zero-order valence-corrected chi connectivity index (χ0v) is 10.3. The molecule has 1 saturated carbocycles. The van der Waals surface area contributed by atoms with E-state index in [4.69, 9.17) is 4.52 Å². The molecule has 0 N–H and O–H groups in total. The first kappa shape index (κ1) is 10.5. The molecule has 0 saturated heterocycles. The summed E-state index contributed by atoms with van der Waals surface area (Å²) in [6.45, 7) is 4.09. The first-order valence-electron chi connectivity index (χ1n) is 6.03. The second-order valence-corrected chi connectivity index (χ2v) is 4.96. The second-order valence-electron chi connectivity index (χ2n) is 4.96. The third-order valence-corrected chi connectivity index (χ3v) is 3.09. The SMILES string of the molecule is CC(C)c1noc(-c2cc(C3CC3)n(C)n2)n1. The van der Waals surface area contributed by atoms with Gasteiger partial charge in [0.2, 0.25) is 0 Å². The highest BCUT2D eigenvalue weighted by Crippen LogP contribution is 2.40. The minimum Gasteiger partial charge on any atom is -0.332 e. The molecule has 90 valence electrons. The summed E-state index contributed by atoms with van der Waals surface area (Å²) >= 11 is 0. The Morgan fingerprint density at radius 1 is 1.41 bits per heavy atom. The zero-order chi connectivity index (χ0) is 12.0. The van der Waals surface area contributed by atoms with E-state index >= 15 is 0 Å². The number of aromatic nitrogens is 4. The second kappa shape index (κ2) is 3.68. The smallest absolute Gasteiger partial charge is 0.278 e. The minimum atomic E-state index is 0.277. The lowest BCUT2D eigenvalue weighted by Crippen LogP contribution is -1.95. The topological polar surface area (TPSA) is 56.7 Å². The van der Waals surface area contributed by atoms with Crippen LogP contribution in [0, 0.1) is 0 Å². The number of aryl methyl sites for hydroxylation is 1. The van der Waals surface area contributed by atoms with Crippen molar-refractivity contribution in [3.63, 3.8) is 0 Å². The van der Waals surface area contributed by atoms with Crippen LogP contribution >= 0.6 is 0 Å². The molecule has 0 amide bonds. The van der Waals surface area contributed by atoms with Crippen LogP contribution in [0.1, 0.15) is 50.0 Å². The molecule has 5 nitrogen and oxygen atoms in total. The van der Waals surface area contributed by atoms with Crippen molar-refractivity contribution >= 4 is 0 Å². The molecule has 3 rings (SSSR count). The molecule has 0 unspecified atom stereocenters. The Labute approximate surface area is 99.8 Å². The monoisotopic (exact) mass is 232 g/mol. The third-order valence-electron chi connectivity index (χ3n) is 3.09. The van der Waals surface area contributed by atoms with Gasteiger partial charge in [0.1, 0.15) is 0 Å². The summed E-state index contributed by atoms with van der Waals surface area (Å²) in [7, 11) is 1.97. The highest BCUT2D eigenvalue weighted by atomic mass is 16.5. The van der Waals surface area contributed by atoms with Crippen LogP contribution < -0.4 is 0 Å². The molecule has 2 heterocycles. The Kier molecular flexibility index (Phi) is 2.28. The van der Waals surface area contributed by atoms with E-state index in [-0.39, 0.29) is 5.92 Å². The number of rotatable bonds is 3. The number of hydrogen-bond acceptors (Lipinski definition) is 4. The van der Waals surface area contributed by atoms with Gasteiger partial charge in [-0.05, 0) is 18.9 Å². The summed E-state index contributed by atoms with van der Waals surface area (Å²) in [4.78, 5) is 4.36. The highest BCUT2D eigenvalue weighted by Gasteiger charge is 2.28. The van der Waals surface area contributed by atoms with Gasteiger partial charge in [0.05, 0.1) is 0 Å². The molecule has 0 bridgehead atoms. The normalized spacial score (nSPS) is 15.8. The largest absolute Gasteiger partial charge is 0.332 e. The van der Waals surface area contributed by atoms with Gasteiger partial charge < -0.3 is 4.52 Å². The molecule has 1 aliphatic carbocycles. The average Bonchev–Trinajstić information content (AvgIpc) is 2.87. The molecule has 1 fully saturated rings. The van der Waals surface area contributed by atoms with Crippen molar-refractivity contribution in [1.29, 1.82) is 0 Å². The lowest BCUT2D eigenvalue weighted by atomic mass is 10.2. The van der Waals surface area contributed by atoms with Gasteiger partial charge in [-0.1, -0.05) is 19.0 Å². The molecular weight excluding hydrogens is 216 g/mol. The Morgan fingerprint density at radius 3 is 2.76 bits per heavy atom. The van der Waals surface area contributed by atoms with E-state index in [2.05, 4.69) is 21.3 Å². The Balaban J connectivity index is 1.94. The predicted octanol–water partition coefficient (Wildman–Crippen LogP) is 2.47. The minimum absolute atomic E-state index is 0.277. The fraction of sp³-hybridized carbons (Fsp3) is 0.583. The van der Waals surface area contributed by atoms with Crippen molar-refractivity contribution < 1.29 is 4.52 Å². The van der Waals surface area contributed by atoms with Crippen LogP contribution in [-0.4, -0.2) is 19.9 Å². The highest BCUT2D eigenvalue weighted by molar-refractivity contribution is 5.48. The number of hydrogen-bond donors (Lipinski definition) is 0. The van der Waals surface area contributed by atoms with Gasteiger partial charge in [-0.3, -0.25) is 4.68 Å². The fourth-order valence-corrected chi connectivity index (χ4v) is 1.92. The van der Waals surface area contributed by atoms with Crippen molar-refractivity contribution in [2.45, 2.75) is 38.5 Å². The standard InChI is InChI=1S/C12H16N4O/c1-7(2)11-13-12(17-15-11)9-6-10(8-4-5-8)16(3)14-9/h6-8H,4-5H2,1-3H3. The van der Waals surface area contributed by atoms with Crippen molar-refractivity contribution in [2.75, 3.05) is 0 Å². The fourth-order valence-electron chi connectivity index (χ4n) is 1.92. The molecule has 0 spiro atoms. The van der Waals surface area contributed by atoms with Crippen LogP contribution in [0.25, 0.3) is 11.6 Å². The molecule has 2 aromatic rings. The van der Waals surface area contributed by atoms with Gasteiger partial charge >= 0.3 is 0 Å². The molecule has 17 heavy (non-hydrogen) atoms. The molecule has 0 aromatic carbocycles. The molecular formula is C12H16N4O. The molecule has 1 aliphatic rings. The lowest BCUT2D eigenvalue weighted by molar-refractivity contribution is 0.417. The Morgan fingerprint density at radius 2 is 2.18 bits per heavy atom. The van der Waals surface area contributed by atoms with E-state index < -0.39 is 0 Å². The first-order valence-corrected chi connectivity index (χ1v) is 6.03. The zero-order valence-electron chi connectivity index (χ0n) is 10.3. The van der Waals surface area contributed by atoms with Crippen molar-refractivity contribution in [3.8, 4) is 11.6 Å². The lowest BCUT2D eigenvalue weighted by Gasteiger charge is -1.94. The van der Waals surface area contributed by atoms with Crippen LogP contribution in [0.15, 0.2) is 10.6 Å². The Bertz CT molecular complexity index is 536. The van der Waals surface area contributed by atoms with E-state index in [1.165, 1.54) is 18.5 Å². The maximum Gasteiger partial charge on any atom is 0.278 e. The molecule has 0 aliphatic heterocycles. The van der Waals surface area contributed by atoms with Gasteiger partial charge in [-0.15, -0.1) is 0 Å². The van der Waals surface area contributed by atoms with E-state index in [0.717, 1.165) is 11.5 Å². The van der Waals surface area contributed by atoms with Crippen LogP contribution in [-0.2, 0) is 7.05 Å². The van der Waals surface area contributed by atoms with Gasteiger partial charge in [-0.2, -0.15) is 10.1 Å². The van der Waals surface area contributed by atoms with E-state index in [9.17, 15) is 0 Å². The van der Waals surface area contributed by atoms with Gasteiger partial charge in [-0.25, -0.2) is 0 Å². The van der Waals surface area contributed by atoms with Gasteiger partial charge in [0.15, 0.2) is 11.5 Å². The third kappa shape index (κ3) is 1.85. The van der Waals surface area contributed by atoms with Gasteiger partial charge in [0, 0.05) is 24.6 Å². The summed E-state index contributed by atoms with van der Waals surface area (Å²) in [6.07, 6.45) is 2.53. The molecule has 2 aromatic heterocycles. The van der Waals surface area contributed by atoms with Crippen LogP contribution in [0.3, 0.4) is 0 Å². The van der Waals surface area contributed by atoms with Crippen LogP contribution in [0.2, 0.25) is 0 Å². The van der Waals surface area contributed by atoms with Crippen molar-refractivity contribution in [2.24, 2.45) is 7.05 Å². The van der Waals surface area contributed by atoms with Crippen molar-refractivity contribution in [1.82, 2.24) is 19.9 Å². The maximum absolute atomic E-state index is 5.24. The number of nitrogens with zero attached hydrogens (tertiary/aromatic N) is 4. The van der Waals surface area contributed by atoms with Crippen LogP contribution in [0.5, 0.6) is 0 Å². The summed E-state index contributed by atoms with van der Waals surface area (Å²) in [5, 5.41) is 8.39. The average molecular weight is 232 g/mol.